The first kappa shape index (κ1) is 33.5. The summed E-state index contributed by atoms with van der Waals surface area (Å²) in [5.74, 6) is -0.563. The number of rotatable bonds is 4. The van der Waals surface area contributed by atoms with Gasteiger partial charge in [-0.05, 0) is 90.8 Å². The van der Waals surface area contributed by atoms with Crippen LogP contribution >= 0.6 is 0 Å². The number of aliphatic hydroxyl groups is 4. The molecular weight excluding hydrogens is 576 g/mol. The lowest BCUT2D eigenvalue weighted by atomic mass is 9.33. The largest absolute Gasteiger partial charge is 0.547 e. The normalized spacial score (nSPS) is 54.2. The lowest BCUT2D eigenvalue weighted by Crippen LogP contribution is -2.67. The van der Waals surface area contributed by atoms with Gasteiger partial charge in [0.25, 0.3) is 0 Å². The van der Waals surface area contributed by atoms with E-state index >= 15 is 0 Å². The fraction of sp³-hybridized carbons (Fsp3) is 0.889. The number of fused-ring (bicyclic) bond motifs is 7. The number of carbonyl (C=O) groups is 2. The number of aliphatic carboxylic acids is 1. The number of ketones is 1. The highest BCUT2D eigenvalue weighted by Gasteiger charge is 2.69. The van der Waals surface area contributed by atoms with Crippen LogP contribution in [0.3, 0.4) is 0 Å². The molecule has 5 fully saturated rings. The van der Waals surface area contributed by atoms with Crippen molar-refractivity contribution in [1.29, 1.82) is 0 Å². The molecule has 14 atom stereocenters. The molecule has 4 saturated carbocycles. The summed E-state index contributed by atoms with van der Waals surface area (Å²) in [6, 6.07) is 0. The van der Waals surface area contributed by atoms with Crippen LogP contribution in [0.2, 0.25) is 0 Å². The van der Waals surface area contributed by atoms with Crippen LogP contribution < -0.4 is 5.11 Å². The van der Waals surface area contributed by atoms with Crippen LogP contribution in [-0.4, -0.2) is 75.6 Å². The van der Waals surface area contributed by atoms with E-state index in [0.29, 0.717) is 24.5 Å². The highest BCUT2D eigenvalue weighted by atomic mass is 16.7. The summed E-state index contributed by atoms with van der Waals surface area (Å²) in [5, 5.41) is 53.8. The summed E-state index contributed by atoms with van der Waals surface area (Å²) < 4.78 is 11.7. The number of aliphatic hydroxyl groups excluding tert-OH is 4. The Balaban J connectivity index is 1.30. The van der Waals surface area contributed by atoms with Gasteiger partial charge in [0.1, 0.15) is 30.2 Å². The average Bonchev–Trinajstić information content (AvgIpc) is 2.96. The second-order valence-corrected chi connectivity index (χ2v) is 17.8. The van der Waals surface area contributed by atoms with Gasteiger partial charge in [-0.2, -0.15) is 0 Å². The van der Waals surface area contributed by atoms with Crippen molar-refractivity contribution >= 4 is 11.8 Å². The Kier molecular flexibility index (Phi) is 7.88. The molecule has 1 aliphatic heterocycles. The van der Waals surface area contributed by atoms with E-state index in [1.807, 2.05) is 6.92 Å². The van der Waals surface area contributed by atoms with Crippen molar-refractivity contribution < 1.29 is 44.6 Å². The Morgan fingerprint density at radius 3 is 2.29 bits per heavy atom. The van der Waals surface area contributed by atoms with E-state index in [1.165, 1.54) is 5.57 Å². The third-order valence-electron chi connectivity index (χ3n) is 15.0. The number of Topliss-reactive ketones (excluding diaryl/α,β-unsaturated/α-hetero) is 1. The van der Waals surface area contributed by atoms with Gasteiger partial charge in [-0.25, -0.2) is 0 Å². The zero-order chi connectivity index (χ0) is 33.1. The molecule has 0 aromatic rings. The van der Waals surface area contributed by atoms with E-state index in [2.05, 4.69) is 47.6 Å². The maximum atomic E-state index is 13.6. The molecule has 9 nitrogen and oxygen atoms in total. The highest BCUT2D eigenvalue weighted by Crippen LogP contribution is 2.75. The lowest BCUT2D eigenvalue weighted by molar-refractivity contribution is -0.360. The van der Waals surface area contributed by atoms with Gasteiger partial charge in [-0.3, -0.25) is 4.79 Å². The third kappa shape index (κ3) is 4.53. The highest BCUT2D eigenvalue weighted by molar-refractivity contribution is 5.87. The van der Waals surface area contributed by atoms with Gasteiger partial charge >= 0.3 is 0 Å². The number of carbonyl (C=O) groups excluding carboxylic acids is 2. The zero-order valence-electron chi connectivity index (χ0n) is 28.2. The van der Waals surface area contributed by atoms with E-state index in [4.69, 9.17) is 9.47 Å². The topological polar surface area (TPSA) is 157 Å². The van der Waals surface area contributed by atoms with Crippen LogP contribution in [0.5, 0.6) is 0 Å². The second-order valence-electron chi connectivity index (χ2n) is 17.8. The van der Waals surface area contributed by atoms with Crippen molar-refractivity contribution in [3.8, 4) is 0 Å². The zero-order valence-corrected chi connectivity index (χ0v) is 28.2. The Bertz CT molecular complexity index is 1260. The Morgan fingerprint density at radius 1 is 0.956 bits per heavy atom. The van der Waals surface area contributed by atoms with Gasteiger partial charge in [0.15, 0.2) is 6.29 Å². The number of hydrogen-bond acceptors (Lipinski definition) is 9. The molecule has 4 N–H and O–H groups in total. The molecule has 0 radical (unpaired) electrons. The minimum absolute atomic E-state index is 0.00613. The fourth-order valence-electron chi connectivity index (χ4n) is 12.0. The summed E-state index contributed by atoms with van der Waals surface area (Å²) in [7, 11) is 0. The molecule has 9 heteroatoms. The van der Waals surface area contributed by atoms with Crippen molar-refractivity contribution in [2.24, 2.45) is 50.2 Å². The molecule has 1 saturated heterocycles. The quantitative estimate of drug-likeness (QED) is 0.271. The molecule has 1 heterocycles. The number of ether oxygens (including phenoxy) is 2. The summed E-state index contributed by atoms with van der Waals surface area (Å²) in [6.07, 6.45) is 1.14. The predicted molar refractivity (Wildman–Crippen MR) is 163 cm³/mol. The summed E-state index contributed by atoms with van der Waals surface area (Å²) in [4.78, 5) is 25.2. The Hall–Kier alpha value is -1.36. The second kappa shape index (κ2) is 10.6. The van der Waals surface area contributed by atoms with Crippen molar-refractivity contribution in [3.63, 3.8) is 0 Å². The predicted octanol–water partition coefficient (Wildman–Crippen LogP) is 2.90. The maximum absolute atomic E-state index is 13.6. The van der Waals surface area contributed by atoms with Crippen molar-refractivity contribution in [2.45, 2.75) is 143 Å². The SMILES string of the molecule is CC1(C)CC(=O)[C@]2(C)CC[C@]3(C)C(=CC[C@@H]4[C@@]5(C)CC[C@H](O[C@@H]6O[C@H](C(=O)[O-])[C@@H](O)[C@H](O)[C@H]6O)[C@](C)(CO)[C@@H]5CC[C@]43C)[C@@H]2C1. The van der Waals surface area contributed by atoms with Gasteiger partial charge in [0, 0.05) is 17.3 Å². The van der Waals surface area contributed by atoms with Gasteiger partial charge in [0.05, 0.1) is 18.7 Å². The monoisotopic (exact) mass is 631 g/mol. The third-order valence-corrected chi connectivity index (χ3v) is 15.0. The van der Waals surface area contributed by atoms with Crippen LogP contribution in [0, 0.1) is 50.2 Å². The lowest BCUT2D eigenvalue weighted by Gasteiger charge is -2.71. The van der Waals surface area contributed by atoms with E-state index in [0.717, 1.165) is 44.9 Å². The first-order valence-electron chi connectivity index (χ1n) is 17.2. The molecule has 0 aromatic carbocycles. The first-order valence-corrected chi connectivity index (χ1v) is 17.2. The van der Waals surface area contributed by atoms with Gasteiger partial charge in [-0.1, -0.05) is 60.1 Å². The molecule has 45 heavy (non-hydrogen) atoms. The number of hydrogen-bond donors (Lipinski definition) is 4. The minimum Gasteiger partial charge on any atom is -0.547 e. The van der Waals surface area contributed by atoms with Crippen molar-refractivity contribution in [1.82, 2.24) is 0 Å². The molecule has 5 aliphatic carbocycles. The fourth-order valence-corrected chi connectivity index (χ4v) is 12.0. The van der Waals surface area contributed by atoms with Crippen LogP contribution in [0.15, 0.2) is 11.6 Å². The minimum atomic E-state index is -1.85. The van der Waals surface area contributed by atoms with Crippen LogP contribution in [0.4, 0.5) is 0 Å². The number of carboxylic acid groups (broad SMARTS) is 1. The van der Waals surface area contributed by atoms with E-state index in [9.17, 15) is 35.1 Å². The molecule has 254 valence electrons. The molecule has 6 aliphatic rings. The number of allylic oxidation sites excluding steroid dienone is 2. The van der Waals surface area contributed by atoms with Crippen LogP contribution in [0.1, 0.15) is 106 Å². The van der Waals surface area contributed by atoms with Crippen molar-refractivity contribution in [3.05, 3.63) is 11.6 Å². The van der Waals surface area contributed by atoms with E-state index in [-0.39, 0.29) is 45.5 Å². The Labute approximate surface area is 267 Å². The maximum Gasteiger partial charge on any atom is 0.187 e. The van der Waals surface area contributed by atoms with Crippen molar-refractivity contribution in [2.75, 3.05) is 6.61 Å². The summed E-state index contributed by atoms with van der Waals surface area (Å²) in [5.41, 5.74) is 0.365. The number of carboxylic acids is 1. The van der Waals surface area contributed by atoms with E-state index in [1.54, 1.807) is 0 Å². The smallest absolute Gasteiger partial charge is 0.187 e. The van der Waals surface area contributed by atoms with Gasteiger partial charge < -0.3 is 39.8 Å². The molecule has 6 rings (SSSR count). The van der Waals surface area contributed by atoms with E-state index < -0.39 is 48.2 Å². The molecule has 0 spiro atoms. The van der Waals surface area contributed by atoms with Crippen LogP contribution in [-0.2, 0) is 19.1 Å². The Morgan fingerprint density at radius 2 is 1.64 bits per heavy atom. The summed E-state index contributed by atoms with van der Waals surface area (Å²) >= 11 is 0. The molecule has 0 amide bonds. The van der Waals surface area contributed by atoms with Gasteiger partial charge in [0.2, 0.25) is 0 Å². The summed E-state index contributed by atoms with van der Waals surface area (Å²) in [6.45, 7) is 15.9. The van der Waals surface area contributed by atoms with Gasteiger partial charge in [-0.15, -0.1) is 0 Å². The first-order chi connectivity index (χ1) is 20.8. The molecule has 0 bridgehead atoms. The standard InChI is InChI=1S/C36H56O9/c1-31(2)16-20-19-8-9-22-33(4)12-11-24(44-30-27(41)25(39)26(40)28(45-30)29(42)43)34(5,18-37)21(33)10-13-36(22,7)35(19,6)15-14-32(20,3)23(38)17-31/h8,20-22,24-28,30,37,39-41H,9-18H2,1-7H3,(H,42,43)/p-1/t20-,21+,22+,24-,25-,26-,27+,28-,30+,32+,33-,34+,35+,36+/m0/s1. The molecule has 0 aromatic heterocycles. The molecular formula is C36H55O9-. The molecule has 0 unspecified atom stereocenters. The average molecular weight is 632 g/mol. The van der Waals surface area contributed by atoms with Crippen LogP contribution in [0.25, 0.3) is 0 Å².